The van der Waals surface area contributed by atoms with Crippen molar-refractivity contribution in [3.8, 4) is 0 Å². The van der Waals surface area contributed by atoms with Gasteiger partial charge in [0.25, 0.3) is 5.91 Å². The molecule has 8 heteroatoms. The zero-order valence-corrected chi connectivity index (χ0v) is 15.8. The number of carbonyl (C=O) groups is 1. The molecule has 136 valence electrons. The van der Waals surface area contributed by atoms with Gasteiger partial charge in [-0.25, -0.2) is 9.97 Å². The number of rotatable bonds is 4. The van der Waals surface area contributed by atoms with E-state index in [2.05, 4.69) is 31.4 Å². The van der Waals surface area contributed by atoms with Gasteiger partial charge < -0.3 is 9.80 Å². The summed E-state index contributed by atoms with van der Waals surface area (Å²) in [6.45, 7) is 2.70. The van der Waals surface area contributed by atoms with Gasteiger partial charge in [0.2, 0.25) is 0 Å². The number of piperidine rings is 1. The third kappa shape index (κ3) is 3.29. The minimum absolute atomic E-state index is 0.0383. The molecule has 4 rings (SSSR count). The monoisotopic (exact) mass is 370 g/mol. The lowest BCUT2D eigenvalue weighted by atomic mass is 9.96. The van der Waals surface area contributed by atoms with Crippen LogP contribution in [0, 0.1) is 5.92 Å². The molecule has 1 saturated heterocycles. The van der Waals surface area contributed by atoms with E-state index in [4.69, 9.17) is 0 Å². The Balaban J connectivity index is 1.36. The number of aryl methyl sites for hydroxylation is 1. The van der Waals surface area contributed by atoms with Gasteiger partial charge in [0.1, 0.15) is 17.0 Å². The Morgan fingerprint density at radius 2 is 2.15 bits per heavy atom. The summed E-state index contributed by atoms with van der Waals surface area (Å²) in [5.41, 5.74) is 0.647. The second-order valence-electron chi connectivity index (χ2n) is 6.86. The highest BCUT2D eigenvalue weighted by atomic mass is 32.1. The maximum absolute atomic E-state index is 12.5. The summed E-state index contributed by atoms with van der Waals surface area (Å²) in [5.74, 6) is 1.59. The number of hydrogen-bond acceptors (Lipinski definition) is 6. The largest absolute Gasteiger partial charge is 0.356 e. The SMILES string of the molecule is CN(CC1CCN(c2ncnc3sccc23)CC1)C(=O)c1cnn(C)c1. The fourth-order valence-corrected chi connectivity index (χ4v) is 4.31. The second-order valence-corrected chi connectivity index (χ2v) is 7.75. The molecule has 1 aliphatic rings. The van der Waals surface area contributed by atoms with E-state index in [1.807, 2.05) is 19.0 Å². The van der Waals surface area contributed by atoms with Crippen LogP contribution in [0.2, 0.25) is 0 Å². The van der Waals surface area contributed by atoms with Crippen molar-refractivity contribution in [2.24, 2.45) is 13.0 Å². The summed E-state index contributed by atoms with van der Waals surface area (Å²) < 4.78 is 1.66. The van der Waals surface area contributed by atoms with Gasteiger partial charge in [-0.15, -0.1) is 11.3 Å². The molecular weight excluding hydrogens is 348 g/mol. The zero-order chi connectivity index (χ0) is 18.1. The second kappa shape index (κ2) is 7.03. The van der Waals surface area contributed by atoms with E-state index < -0.39 is 0 Å². The lowest BCUT2D eigenvalue weighted by Crippen LogP contribution is -2.39. The van der Waals surface area contributed by atoms with Crippen molar-refractivity contribution in [1.29, 1.82) is 0 Å². The molecule has 4 heterocycles. The van der Waals surface area contributed by atoms with Crippen LogP contribution in [0.4, 0.5) is 5.82 Å². The lowest BCUT2D eigenvalue weighted by molar-refractivity contribution is 0.0765. The van der Waals surface area contributed by atoms with E-state index in [0.717, 1.165) is 48.5 Å². The zero-order valence-electron chi connectivity index (χ0n) is 15.0. The molecule has 0 aliphatic carbocycles. The highest BCUT2D eigenvalue weighted by Gasteiger charge is 2.24. The van der Waals surface area contributed by atoms with Gasteiger partial charge in [-0.1, -0.05) is 0 Å². The van der Waals surface area contributed by atoms with E-state index >= 15 is 0 Å². The highest BCUT2D eigenvalue weighted by molar-refractivity contribution is 7.16. The topological polar surface area (TPSA) is 67.2 Å². The van der Waals surface area contributed by atoms with Gasteiger partial charge in [-0.3, -0.25) is 9.48 Å². The first-order valence-electron chi connectivity index (χ1n) is 8.79. The van der Waals surface area contributed by atoms with E-state index in [1.54, 1.807) is 34.7 Å². The van der Waals surface area contributed by atoms with Gasteiger partial charge in [0.15, 0.2) is 0 Å². The summed E-state index contributed by atoms with van der Waals surface area (Å²) in [6.07, 6.45) is 7.16. The molecule has 0 saturated carbocycles. The van der Waals surface area contributed by atoms with Crippen LogP contribution in [0.5, 0.6) is 0 Å². The number of amides is 1. The van der Waals surface area contributed by atoms with Crippen LogP contribution in [0.25, 0.3) is 10.2 Å². The van der Waals surface area contributed by atoms with Gasteiger partial charge in [-0.2, -0.15) is 5.10 Å². The molecule has 1 aliphatic heterocycles. The predicted molar refractivity (Wildman–Crippen MR) is 103 cm³/mol. The Morgan fingerprint density at radius 3 is 2.88 bits per heavy atom. The Bertz CT molecular complexity index is 911. The maximum atomic E-state index is 12.5. The van der Waals surface area contributed by atoms with Crippen molar-refractivity contribution in [1.82, 2.24) is 24.6 Å². The average molecular weight is 370 g/mol. The molecule has 3 aromatic heterocycles. The molecule has 0 aromatic carbocycles. The molecule has 0 spiro atoms. The molecular formula is C18H22N6OS. The third-order valence-electron chi connectivity index (χ3n) is 4.99. The first-order chi connectivity index (χ1) is 12.6. The lowest BCUT2D eigenvalue weighted by Gasteiger charge is -2.34. The van der Waals surface area contributed by atoms with Gasteiger partial charge in [-0.05, 0) is 30.2 Å². The van der Waals surface area contributed by atoms with Gasteiger partial charge >= 0.3 is 0 Å². The molecule has 0 radical (unpaired) electrons. The number of carbonyl (C=O) groups excluding carboxylic acids is 1. The highest BCUT2D eigenvalue weighted by Crippen LogP contribution is 2.30. The molecule has 0 unspecified atom stereocenters. The molecule has 0 bridgehead atoms. The van der Waals surface area contributed by atoms with Gasteiger partial charge in [0.05, 0.1) is 17.1 Å². The Labute approximate surface area is 156 Å². The summed E-state index contributed by atoms with van der Waals surface area (Å²) in [6, 6.07) is 2.10. The predicted octanol–water partition coefficient (Wildman–Crippen LogP) is 2.41. The van der Waals surface area contributed by atoms with Crippen molar-refractivity contribution in [2.45, 2.75) is 12.8 Å². The number of aromatic nitrogens is 4. The molecule has 0 N–H and O–H groups in total. The van der Waals surface area contributed by atoms with Crippen LogP contribution in [-0.2, 0) is 7.05 Å². The van der Waals surface area contributed by atoms with Crippen LogP contribution < -0.4 is 4.90 Å². The van der Waals surface area contributed by atoms with Gasteiger partial charge in [0, 0.05) is 39.9 Å². The normalized spacial score (nSPS) is 15.5. The maximum Gasteiger partial charge on any atom is 0.256 e. The first kappa shape index (κ1) is 17.0. The Hall–Kier alpha value is -2.48. The van der Waals surface area contributed by atoms with Crippen molar-refractivity contribution in [3.05, 3.63) is 35.7 Å². The summed E-state index contributed by atoms with van der Waals surface area (Å²) >= 11 is 1.65. The standard InChI is InChI=1S/C18H22N6OS/c1-22(18(25)14-9-21-23(2)11-14)10-13-3-6-24(7-4-13)16-15-5-8-26-17(15)20-12-19-16/h5,8-9,11-13H,3-4,6-7,10H2,1-2H3. The van der Waals surface area contributed by atoms with Crippen molar-refractivity contribution >= 4 is 33.3 Å². The summed E-state index contributed by atoms with van der Waals surface area (Å²) in [4.78, 5) is 26.5. The van der Waals surface area contributed by atoms with E-state index in [-0.39, 0.29) is 5.91 Å². The van der Waals surface area contributed by atoms with E-state index in [1.165, 1.54) is 0 Å². The summed E-state index contributed by atoms with van der Waals surface area (Å²) in [5, 5.41) is 7.28. The van der Waals surface area contributed by atoms with Crippen LogP contribution in [0.15, 0.2) is 30.2 Å². The summed E-state index contributed by atoms with van der Waals surface area (Å²) in [7, 11) is 3.70. The number of thiophene rings is 1. The minimum atomic E-state index is 0.0383. The third-order valence-corrected chi connectivity index (χ3v) is 5.81. The number of fused-ring (bicyclic) bond motifs is 1. The van der Waals surface area contributed by atoms with E-state index in [0.29, 0.717) is 11.5 Å². The molecule has 0 atom stereocenters. The average Bonchev–Trinajstić information content (AvgIpc) is 3.30. The molecule has 3 aromatic rings. The number of hydrogen-bond donors (Lipinski definition) is 0. The van der Waals surface area contributed by atoms with Crippen LogP contribution >= 0.6 is 11.3 Å². The molecule has 1 amide bonds. The van der Waals surface area contributed by atoms with Crippen molar-refractivity contribution in [2.75, 3.05) is 31.6 Å². The fourth-order valence-electron chi connectivity index (χ4n) is 3.58. The number of nitrogens with zero attached hydrogens (tertiary/aromatic N) is 6. The Morgan fingerprint density at radius 1 is 1.35 bits per heavy atom. The van der Waals surface area contributed by atoms with Crippen molar-refractivity contribution < 1.29 is 4.79 Å². The number of anilines is 1. The van der Waals surface area contributed by atoms with Crippen LogP contribution in [-0.4, -0.2) is 57.2 Å². The van der Waals surface area contributed by atoms with Crippen LogP contribution in [0.1, 0.15) is 23.2 Å². The van der Waals surface area contributed by atoms with Crippen molar-refractivity contribution in [3.63, 3.8) is 0 Å². The molecule has 1 fully saturated rings. The smallest absolute Gasteiger partial charge is 0.256 e. The first-order valence-corrected chi connectivity index (χ1v) is 9.67. The van der Waals surface area contributed by atoms with E-state index in [9.17, 15) is 4.79 Å². The minimum Gasteiger partial charge on any atom is -0.356 e. The van der Waals surface area contributed by atoms with Crippen LogP contribution in [0.3, 0.4) is 0 Å². The molecule has 26 heavy (non-hydrogen) atoms. The quantitative estimate of drug-likeness (QED) is 0.706. The Kier molecular flexibility index (Phi) is 4.58. The molecule has 7 nitrogen and oxygen atoms in total. The fraction of sp³-hybridized carbons (Fsp3) is 0.444.